The van der Waals surface area contributed by atoms with E-state index in [0.29, 0.717) is 0 Å². The number of hydrogen-bond acceptors (Lipinski definition) is 3. The van der Waals surface area contributed by atoms with Crippen molar-refractivity contribution < 1.29 is 18.0 Å². The molecule has 0 saturated carbocycles. The van der Waals surface area contributed by atoms with Crippen molar-refractivity contribution in [3.05, 3.63) is 29.7 Å². The van der Waals surface area contributed by atoms with Crippen molar-refractivity contribution in [2.45, 2.75) is 6.18 Å². The molecule has 0 atom stereocenters. The minimum atomic E-state index is -4.52. The molecule has 0 radical (unpaired) electrons. The molecular formula is C9H7F3N4O. The highest BCUT2D eigenvalue weighted by Crippen LogP contribution is 2.27. The molecule has 0 aliphatic carbocycles. The summed E-state index contributed by atoms with van der Waals surface area (Å²) in [5.41, 5.74) is -0.846. The van der Waals surface area contributed by atoms with Gasteiger partial charge in [0.1, 0.15) is 5.69 Å². The first kappa shape index (κ1) is 11.4. The van der Waals surface area contributed by atoms with Crippen LogP contribution in [0.5, 0.6) is 0 Å². The number of carbonyl (C=O) groups is 1. The zero-order valence-corrected chi connectivity index (χ0v) is 8.62. The Balaban J connectivity index is 2.52. The number of carbonyl (C=O) groups excluding carboxylic acids is 1. The second-order valence-corrected chi connectivity index (χ2v) is 3.22. The standard InChI is InChI=1S/C9H7F3N4O/c1-13-8(17)5-4-16-7(14-5)3-2-6(15-16)9(10,11)12/h2-4H,1H3,(H,13,17). The minimum absolute atomic E-state index is 0.0133. The molecule has 17 heavy (non-hydrogen) atoms. The average Bonchev–Trinajstić information content (AvgIpc) is 2.69. The van der Waals surface area contributed by atoms with Crippen LogP contribution in [0.4, 0.5) is 13.2 Å². The first-order chi connectivity index (χ1) is 7.91. The summed E-state index contributed by atoms with van der Waals surface area (Å²) in [5.74, 6) is -0.482. The molecule has 0 aliphatic rings. The van der Waals surface area contributed by atoms with Crippen molar-refractivity contribution in [2.75, 3.05) is 7.05 Å². The van der Waals surface area contributed by atoms with E-state index in [9.17, 15) is 18.0 Å². The zero-order chi connectivity index (χ0) is 12.6. The van der Waals surface area contributed by atoms with Gasteiger partial charge < -0.3 is 5.32 Å². The van der Waals surface area contributed by atoms with Crippen molar-refractivity contribution >= 4 is 11.6 Å². The Morgan fingerprint density at radius 2 is 2.12 bits per heavy atom. The predicted octanol–water partition coefficient (Wildman–Crippen LogP) is 1.11. The Hall–Kier alpha value is -2.12. The largest absolute Gasteiger partial charge is 0.435 e. The molecule has 2 heterocycles. The Bertz CT molecular complexity index is 575. The third-order valence-electron chi connectivity index (χ3n) is 2.07. The van der Waals surface area contributed by atoms with Gasteiger partial charge in [0.15, 0.2) is 11.3 Å². The van der Waals surface area contributed by atoms with E-state index in [1.807, 2.05) is 0 Å². The van der Waals surface area contributed by atoms with Crippen molar-refractivity contribution in [3.8, 4) is 0 Å². The zero-order valence-electron chi connectivity index (χ0n) is 8.62. The lowest BCUT2D eigenvalue weighted by atomic mass is 10.4. The predicted molar refractivity (Wildman–Crippen MR) is 51.4 cm³/mol. The third kappa shape index (κ3) is 2.05. The van der Waals surface area contributed by atoms with Gasteiger partial charge in [-0.1, -0.05) is 0 Å². The summed E-state index contributed by atoms with van der Waals surface area (Å²) < 4.78 is 38.0. The van der Waals surface area contributed by atoms with Gasteiger partial charge >= 0.3 is 6.18 Å². The van der Waals surface area contributed by atoms with E-state index in [4.69, 9.17) is 0 Å². The molecular weight excluding hydrogens is 237 g/mol. The fourth-order valence-corrected chi connectivity index (χ4v) is 1.27. The van der Waals surface area contributed by atoms with E-state index in [2.05, 4.69) is 15.4 Å². The van der Waals surface area contributed by atoms with Crippen molar-refractivity contribution in [1.82, 2.24) is 19.9 Å². The van der Waals surface area contributed by atoms with Crippen molar-refractivity contribution in [1.29, 1.82) is 0 Å². The number of nitrogens with one attached hydrogen (secondary N) is 1. The number of aromatic nitrogens is 3. The molecule has 1 amide bonds. The first-order valence-corrected chi connectivity index (χ1v) is 4.57. The van der Waals surface area contributed by atoms with Gasteiger partial charge in [0.2, 0.25) is 0 Å². The number of halogens is 3. The third-order valence-corrected chi connectivity index (χ3v) is 2.07. The molecule has 2 rings (SSSR count). The number of amides is 1. The molecule has 0 saturated heterocycles. The smallest absolute Gasteiger partial charge is 0.354 e. The Labute approximate surface area is 93.3 Å². The van der Waals surface area contributed by atoms with E-state index < -0.39 is 17.8 Å². The summed E-state index contributed by atoms with van der Waals surface area (Å²) in [6, 6.07) is 1.97. The quantitative estimate of drug-likeness (QED) is 0.817. The molecule has 2 aromatic rings. The van der Waals surface area contributed by atoms with Crippen LogP contribution in [0.25, 0.3) is 5.65 Å². The molecule has 0 aromatic carbocycles. The van der Waals surface area contributed by atoms with Crippen LogP contribution in [-0.2, 0) is 6.18 Å². The number of rotatable bonds is 1. The van der Waals surface area contributed by atoms with Crippen LogP contribution in [-0.4, -0.2) is 27.6 Å². The summed E-state index contributed by atoms with van der Waals surface area (Å²) in [6.45, 7) is 0. The lowest BCUT2D eigenvalue weighted by Gasteiger charge is -2.04. The van der Waals surface area contributed by atoms with Crippen LogP contribution in [0.2, 0.25) is 0 Å². The number of alkyl halides is 3. The highest BCUT2D eigenvalue weighted by Gasteiger charge is 2.33. The second-order valence-electron chi connectivity index (χ2n) is 3.22. The molecule has 1 N–H and O–H groups in total. The highest BCUT2D eigenvalue weighted by molar-refractivity contribution is 5.92. The highest BCUT2D eigenvalue weighted by atomic mass is 19.4. The van der Waals surface area contributed by atoms with Crippen LogP contribution in [0, 0.1) is 0 Å². The van der Waals surface area contributed by atoms with E-state index in [0.717, 1.165) is 22.8 Å². The van der Waals surface area contributed by atoms with Gasteiger partial charge in [0, 0.05) is 7.05 Å². The topological polar surface area (TPSA) is 59.3 Å². The summed E-state index contributed by atoms with van der Waals surface area (Å²) >= 11 is 0. The molecule has 5 nitrogen and oxygen atoms in total. The molecule has 2 aromatic heterocycles. The maximum Gasteiger partial charge on any atom is 0.435 e. The summed E-state index contributed by atoms with van der Waals surface area (Å²) in [4.78, 5) is 15.1. The normalized spacial score (nSPS) is 11.8. The number of fused-ring (bicyclic) bond motifs is 1. The fraction of sp³-hybridized carbons (Fsp3) is 0.222. The number of nitrogens with zero attached hydrogens (tertiary/aromatic N) is 3. The molecule has 0 spiro atoms. The minimum Gasteiger partial charge on any atom is -0.354 e. The van der Waals surface area contributed by atoms with Gasteiger partial charge in [-0.05, 0) is 12.1 Å². The fourth-order valence-electron chi connectivity index (χ4n) is 1.27. The van der Waals surface area contributed by atoms with Crippen molar-refractivity contribution in [2.24, 2.45) is 0 Å². The summed E-state index contributed by atoms with van der Waals surface area (Å²) in [5, 5.41) is 5.66. The molecule has 8 heteroatoms. The maximum atomic E-state index is 12.4. The molecule has 0 bridgehead atoms. The van der Waals surface area contributed by atoms with E-state index in [1.54, 1.807) is 0 Å². The van der Waals surface area contributed by atoms with Crippen LogP contribution in [0.3, 0.4) is 0 Å². The summed E-state index contributed by atoms with van der Waals surface area (Å²) in [6.07, 6.45) is -3.38. The van der Waals surface area contributed by atoms with Gasteiger partial charge in [-0.15, -0.1) is 0 Å². The van der Waals surface area contributed by atoms with E-state index >= 15 is 0 Å². The second kappa shape index (κ2) is 3.72. The van der Waals surface area contributed by atoms with E-state index in [1.165, 1.54) is 7.05 Å². The lowest BCUT2D eigenvalue weighted by molar-refractivity contribution is -0.141. The Morgan fingerprint density at radius 3 is 2.71 bits per heavy atom. The van der Waals surface area contributed by atoms with Crippen LogP contribution in [0.1, 0.15) is 16.2 Å². The van der Waals surface area contributed by atoms with Crippen LogP contribution < -0.4 is 5.32 Å². The molecule has 0 aliphatic heterocycles. The van der Waals surface area contributed by atoms with E-state index in [-0.39, 0.29) is 11.3 Å². The SMILES string of the molecule is CNC(=O)c1cn2nc(C(F)(F)F)ccc2n1. The number of imidazole rings is 1. The van der Waals surface area contributed by atoms with Crippen LogP contribution in [0.15, 0.2) is 18.3 Å². The number of hydrogen-bond donors (Lipinski definition) is 1. The van der Waals surface area contributed by atoms with Gasteiger partial charge in [-0.3, -0.25) is 4.79 Å². The lowest BCUT2D eigenvalue weighted by Crippen LogP contribution is -2.17. The molecule has 0 fully saturated rings. The Morgan fingerprint density at radius 1 is 1.41 bits per heavy atom. The van der Waals surface area contributed by atoms with Gasteiger partial charge in [0.05, 0.1) is 6.20 Å². The maximum absolute atomic E-state index is 12.4. The van der Waals surface area contributed by atoms with Gasteiger partial charge in [-0.25, -0.2) is 9.50 Å². The van der Waals surface area contributed by atoms with Gasteiger partial charge in [-0.2, -0.15) is 18.3 Å². The van der Waals surface area contributed by atoms with Gasteiger partial charge in [0.25, 0.3) is 5.91 Å². The first-order valence-electron chi connectivity index (χ1n) is 4.57. The molecule has 90 valence electrons. The van der Waals surface area contributed by atoms with Crippen molar-refractivity contribution in [3.63, 3.8) is 0 Å². The Kier molecular flexibility index (Phi) is 2.49. The average molecular weight is 244 g/mol. The monoisotopic (exact) mass is 244 g/mol. The molecule has 0 unspecified atom stereocenters. The van der Waals surface area contributed by atoms with Crippen LogP contribution >= 0.6 is 0 Å². The summed E-state index contributed by atoms with van der Waals surface area (Å²) in [7, 11) is 1.40.